The maximum atomic E-state index is 9.62. The molecular weight excluding hydrogens is 276 g/mol. The summed E-state index contributed by atoms with van der Waals surface area (Å²) in [7, 11) is 0. The molecule has 0 saturated carbocycles. The van der Waals surface area contributed by atoms with Crippen molar-refractivity contribution in [3.63, 3.8) is 0 Å². The van der Waals surface area contributed by atoms with Crippen LogP contribution in [-0.2, 0) is 12.8 Å². The first kappa shape index (κ1) is 15.7. The normalized spacial score (nSPS) is 24.2. The van der Waals surface area contributed by atoms with Gasteiger partial charge in [-0.2, -0.15) is 0 Å². The van der Waals surface area contributed by atoms with Crippen LogP contribution in [0.4, 0.5) is 5.82 Å². The third kappa shape index (κ3) is 3.25. The Morgan fingerprint density at radius 3 is 2.73 bits per heavy atom. The predicted molar refractivity (Wildman–Crippen MR) is 88.3 cm³/mol. The Morgan fingerprint density at radius 2 is 2.00 bits per heavy atom. The van der Waals surface area contributed by atoms with Crippen molar-refractivity contribution in [1.29, 1.82) is 0 Å². The first-order valence-electron chi connectivity index (χ1n) is 8.58. The molecule has 2 unspecified atom stereocenters. The van der Waals surface area contributed by atoms with E-state index < -0.39 is 0 Å². The third-order valence-electron chi connectivity index (χ3n) is 4.84. The van der Waals surface area contributed by atoms with Gasteiger partial charge in [-0.25, -0.2) is 9.97 Å². The maximum absolute atomic E-state index is 9.62. The average molecular weight is 304 g/mol. The summed E-state index contributed by atoms with van der Waals surface area (Å²) in [5, 5.41) is 9.62. The number of aryl methyl sites for hydroxylation is 2. The molecular formula is C17H28N4O. The topological polar surface area (TPSA) is 52.5 Å². The van der Waals surface area contributed by atoms with Crippen molar-refractivity contribution in [2.75, 3.05) is 31.1 Å². The second-order valence-electron chi connectivity index (χ2n) is 6.87. The molecule has 1 saturated heterocycles. The Morgan fingerprint density at radius 1 is 1.23 bits per heavy atom. The Balaban J connectivity index is 1.79. The number of hydrogen-bond donors (Lipinski definition) is 1. The van der Waals surface area contributed by atoms with Gasteiger partial charge >= 0.3 is 0 Å². The highest BCUT2D eigenvalue weighted by molar-refractivity contribution is 5.51. The SMILES string of the molecule is Cc1nc2c(c(N3CCN(CC(C)O)C(C)C3)n1)CCCC2. The lowest BCUT2D eigenvalue weighted by molar-refractivity contribution is 0.0958. The maximum Gasteiger partial charge on any atom is 0.135 e. The summed E-state index contributed by atoms with van der Waals surface area (Å²) in [6.45, 7) is 9.83. The van der Waals surface area contributed by atoms with E-state index in [1.54, 1.807) is 0 Å². The fourth-order valence-electron chi connectivity index (χ4n) is 3.75. The zero-order chi connectivity index (χ0) is 15.7. The van der Waals surface area contributed by atoms with Crippen LogP contribution in [0.5, 0.6) is 0 Å². The number of piperazine rings is 1. The molecule has 0 bridgehead atoms. The minimum absolute atomic E-state index is 0.261. The Hall–Kier alpha value is -1.20. The van der Waals surface area contributed by atoms with Gasteiger partial charge in [0.15, 0.2) is 0 Å². The largest absolute Gasteiger partial charge is 0.392 e. The number of nitrogens with zero attached hydrogens (tertiary/aromatic N) is 4. The van der Waals surface area contributed by atoms with Gasteiger partial charge < -0.3 is 10.0 Å². The molecule has 1 aromatic heterocycles. The molecule has 0 amide bonds. The monoisotopic (exact) mass is 304 g/mol. The molecule has 1 aliphatic heterocycles. The molecule has 1 aliphatic carbocycles. The van der Waals surface area contributed by atoms with Gasteiger partial charge in [0.25, 0.3) is 0 Å². The number of rotatable bonds is 3. The minimum atomic E-state index is -0.261. The van der Waals surface area contributed by atoms with Crippen molar-refractivity contribution in [1.82, 2.24) is 14.9 Å². The highest BCUT2D eigenvalue weighted by atomic mass is 16.3. The van der Waals surface area contributed by atoms with Crippen LogP contribution in [0.25, 0.3) is 0 Å². The number of aromatic nitrogens is 2. The van der Waals surface area contributed by atoms with E-state index in [2.05, 4.69) is 21.7 Å². The third-order valence-corrected chi connectivity index (χ3v) is 4.84. The average Bonchev–Trinajstić information content (AvgIpc) is 2.48. The number of aliphatic hydroxyl groups excluding tert-OH is 1. The summed E-state index contributed by atoms with van der Waals surface area (Å²) in [6, 6.07) is 0.442. The van der Waals surface area contributed by atoms with Gasteiger partial charge in [0.05, 0.1) is 6.10 Å². The summed E-state index contributed by atoms with van der Waals surface area (Å²) in [5.74, 6) is 2.07. The highest BCUT2D eigenvalue weighted by Gasteiger charge is 2.28. The van der Waals surface area contributed by atoms with Crippen LogP contribution < -0.4 is 4.90 Å². The van der Waals surface area contributed by atoms with Crippen LogP contribution in [0.2, 0.25) is 0 Å². The molecule has 1 N–H and O–H groups in total. The Kier molecular flexibility index (Phi) is 4.64. The quantitative estimate of drug-likeness (QED) is 0.918. The lowest BCUT2D eigenvalue weighted by atomic mass is 9.95. The Bertz CT molecular complexity index is 532. The molecule has 5 nitrogen and oxygen atoms in total. The summed E-state index contributed by atoms with van der Waals surface area (Å²) in [6.07, 6.45) is 4.46. The van der Waals surface area contributed by atoms with Crippen LogP contribution in [0.15, 0.2) is 0 Å². The molecule has 2 aliphatic rings. The van der Waals surface area contributed by atoms with E-state index in [-0.39, 0.29) is 6.10 Å². The van der Waals surface area contributed by atoms with E-state index in [1.807, 2.05) is 13.8 Å². The molecule has 2 heterocycles. The molecule has 3 rings (SSSR count). The summed E-state index contributed by atoms with van der Waals surface area (Å²) in [4.78, 5) is 14.2. The van der Waals surface area contributed by atoms with Crippen LogP contribution in [0, 0.1) is 6.92 Å². The highest BCUT2D eigenvalue weighted by Crippen LogP contribution is 2.29. The number of β-amino-alcohol motifs (C(OH)–C–C–N with tert-alkyl or cyclic N) is 1. The van der Waals surface area contributed by atoms with Crippen molar-refractivity contribution < 1.29 is 5.11 Å². The summed E-state index contributed by atoms with van der Waals surface area (Å²) >= 11 is 0. The van der Waals surface area contributed by atoms with Crippen molar-refractivity contribution in [3.05, 3.63) is 17.1 Å². The van der Waals surface area contributed by atoms with Gasteiger partial charge in [0, 0.05) is 43.5 Å². The fourth-order valence-corrected chi connectivity index (χ4v) is 3.75. The van der Waals surface area contributed by atoms with Crippen LogP contribution >= 0.6 is 0 Å². The van der Waals surface area contributed by atoms with Gasteiger partial charge in [-0.15, -0.1) is 0 Å². The van der Waals surface area contributed by atoms with E-state index in [1.165, 1.54) is 29.9 Å². The fraction of sp³-hybridized carbons (Fsp3) is 0.765. The Labute approximate surface area is 133 Å². The van der Waals surface area contributed by atoms with E-state index in [4.69, 9.17) is 4.98 Å². The molecule has 5 heteroatoms. The molecule has 0 aromatic carbocycles. The second kappa shape index (κ2) is 6.50. The van der Waals surface area contributed by atoms with Crippen LogP contribution in [-0.4, -0.2) is 58.3 Å². The van der Waals surface area contributed by atoms with Gasteiger partial charge in [-0.3, -0.25) is 4.90 Å². The van der Waals surface area contributed by atoms with Crippen molar-refractivity contribution in [2.24, 2.45) is 0 Å². The molecule has 0 radical (unpaired) electrons. The number of aliphatic hydroxyl groups is 1. The molecule has 1 aromatic rings. The first-order chi connectivity index (χ1) is 10.5. The first-order valence-corrected chi connectivity index (χ1v) is 8.58. The van der Waals surface area contributed by atoms with Crippen molar-refractivity contribution >= 4 is 5.82 Å². The number of hydrogen-bond acceptors (Lipinski definition) is 5. The lowest BCUT2D eigenvalue weighted by Crippen LogP contribution is -2.54. The second-order valence-corrected chi connectivity index (χ2v) is 6.87. The summed E-state index contributed by atoms with van der Waals surface area (Å²) in [5.41, 5.74) is 2.65. The van der Waals surface area contributed by atoms with Crippen LogP contribution in [0.3, 0.4) is 0 Å². The van der Waals surface area contributed by atoms with Gasteiger partial charge in [-0.05, 0) is 46.5 Å². The van der Waals surface area contributed by atoms with Gasteiger partial charge in [0.1, 0.15) is 11.6 Å². The van der Waals surface area contributed by atoms with Gasteiger partial charge in [-0.1, -0.05) is 0 Å². The van der Waals surface area contributed by atoms with E-state index in [0.29, 0.717) is 6.04 Å². The molecule has 1 fully saturated rings. The van der Waals surface area contributed by atoms with E-state index >= 15 is 0 Å². The molecule has 22 heavy (non-hydrogen) atoms. The minimum Gasteiger partial charge on any atom is -0.392 e. The van der Waals surface area contributed by atoms with E-state index in [9.17, 15) is 5.11 Å². The predicted octanol–water partition coefficient (Wildman–Crippen LogP) is 1.56. The molecule has 2 atom stereocenters. The van der Waals surface area contributed by atoms with Crippen molar-refractivity contribution in [2.45, 2.75) is 58.6 Å². The van der Waals surface area contributed by atoms with Gasteiger partial charge in [0.2, 0.25) is 0 Å². The van der Waals surface area contributed by atoms with Crippen molar-refractivity contribution in [3.8, 4) is 0 Å². The number of anilines is 1. The zero-order valence-corrected chi connectivity index (χ0v) is 14.0. The summed E-state index contributed by atoms with van der Waals surface area (Å²) < 4.78 is 0. The molecule has 0 spiro atoms. The number of fused-ring (bicyclic) bond motifs is 1. The standard InChI is InChI=1S/C17H28N4O/c1-12-10-21(9-8-20(12)11-13(2)22)17-15-6-4-5-7-16(15)18-14(3)19-17/h12-13,22H,4-11H2,1-3H3. The van der Waals surface area contributed by atoms with Crippen LogP contribution in [0.1, 0.15) is 43.8 Å². The zero-order valence-electron chi connectivity index (χ0n) is 14.0. The molecule has 122 valence electrons. The van der Waals surface area contributed by atoms with E-state index in [0.717, 1.165) is 44.8 Å². The lowest BCUT2D eigenvalue weighted by Gasteiger charge is -2.41. The smallest absolute Gasteiger partial charge is 0.135 e.